The number of rotatable bonds is 11. The van der Waals surface area contributed by atoms with Gasteiger partial charge in [-0.25, -0.2) is 0 Å². The van der Waals surface area contributed by atoms with E-state index in [0.717, 1.165) is 31.2 Å². The van der Waals surface area contributed by atoms with Gasteiger partial charge >= 0.3 is 0 Å². The summed E-state index contributed by atoms with van der Waals surface area (Å²) in [6.45, 7) is 4.24. The number of nitrogens with one attached hydrogen (secondary N) is 2. The third-order valence-electron chi connectivity index (χ3n) is 5.61. The molecule has 2 N–H and O–H groups in total. The number of hydrogen-bond donors (Lipinski definition) is 2. The van der Waals surface area contributed by atoms with Gasteiger partial charge in [-0.1, -0.05) is 32.3 Å². The number of carbonyl (C=O) groups is 3. The molecule has 0 aliphatic carbocycles. The predicted molar refractivity (Wildman–Crippen MR) is 143 cm³/mol. The molecule has 1 fully saturated rings. The summed E-state index contributed by atoms with van der Waals surface area (Å²) in [5, 5.41) is 5.48. The SMILES string of the molecule is CCCCCCN1C(=O)/C(=C/c2ccc(OC)c(COc3ccc(NC(C)=O)cc3)c2)C(=O)NC1=S. The maximum absolute atomic E-state index is 13.1. The summed E-state index contributed by atoms with van der Waals surface area (Å²) in [6, 6.07) is 12.4. The first kappa shape index (κ1) is 26.9. The molecule has 2 aromatic rings. The van der Waals surface area contributed by atoms with Gasteiger partial charge in [0.25, 0.3) is 11.8 Å². The largest absolute Gasteiger partial charge is 0.496 e. The third kappa shape index (κ3) is 7.14. The molecule has 8 nitrogen and oxygen atoms in total. The van der Waals surface area contributed by atoms with Gasteiger partial charge in [0.2, 0.25) is 5.91 Å². The number of unbranched alkanes of at least 4 members (excludes halogenated alkanes) is 3. The van der Waals surface area contributed by atoms with Crippen molar-refractivity contribution < 1.29 is 23.9 Å². The summed E-state index contributed by atoms with van der Waals surface area (Å²) >= 11 is 5.23. The summed E-state index contributed by atoms with van der Waals surface area (Å²) in [5.74, 6) is 0.177. The molecular formula is C27H31N3O5S. The van der Waals surface area contributed by atoms with Crippen LogP contribution in [-0.4, -0.2) is 41.4 Å². The highest BCUT2D eigenvalue weighted by molar-refractivity contribution is 7.80. The standard InChI is InChI=1S/C27H31N3O5S/c1-4-5-6-7-14-30-26(33)23(25(32)29-27(30)36)16-19-8-13-24(34-3)20(15-19)17-35-22-11-9-21(10-12-22)28-18(2)31/h8-13,15-16H,4-7,14,17H2,1-3H3,(H,28,31)(H,29,32,36)/b23-16+. The first-order valence-electron chi connectivity index (χ1n) is 11.9. The molecule has 0 atom stereocenters. The molecular weight excluding hydrogens is 478 g/mol. The monoisotopic (exact) mass is 509 g/mol. The van der Waals surface area contributed by atoms with Crippen molar-refractivity contribution in [1.82, 2.24) is 10.2 Å². The van der Waals surface area contributed by atoms with Crippen molar-refractivity contribution in [3.05, 3.63) is 59.2 Å². The zero-order valence-electron chi connectivity index (χ0n) is 20.8. The fourth-order valence-corrected chi connectivity index (χ4v) is 4.03. The average Bonchev–Trinajstić information content (AvgIpc) is 2.85. The number of thiocarbonyl (C=S) groups is 1. The second kappa shape index (κ2) is 12.8. The lowest BCUT2D eigenvalue weighted by Gasteiger charge is -2.29. The Labute approximate surface area is 216 Å². The molecule has 1 aliphatic heterocycles. The quantitative estimate of drug-likeness (QED) is 0.201. The Morgan fingerprint density at radius 1 is 1.11 bits per heavy atom. The van der Waals surface area contributed by atoms with Gasteiger partial charge in [-0.2, -0.15) is 0 Å². The van der Waals surface area contributed by atoms with Crippen LogP contribution in [-0.2, 0) is 21.0 Å². The van der Waals surface area contributed by atoms with E-state index < -0.39 is 11.8 Å². The van der Waals surface area contributed by atoms with Crippen molar-refractivity contribution in [3.8, 4) is 11.5 Å². The van der Waals surface area contributed by atoms with Crippen LogP contribution in [0.2, 0.25) is 0 Å². The first-order valence-corrected chi connectivity index (χ1v) is 12.3. The van der Waals surface area contributed by atoms with Crippen LogP contribution in [0.3, 0.4) is 0 Å². The number of methoxy groups -OCH3 is 1. The molecule has 3 rings (SSSR count). The lowest BCUT2D eigenvalue weighted by molar-refractivity contribution is -0.129. The van der Waals surface area contributed by atoms with Crippen molar-refractivity contribution in [3.63, 3.8) is 0 Å². The molecule has 9 heteroatoms. The highest BCUT2D eigenvalue weighted by Crippen LogP contribution is 2.25. The molecule has 1 heterocycles. The average molecular weight is 510 g/mol. The zero-order chi connectivity index (χ0) is 26.1. The summed E-state index contributed by atoms with van der Waals surface area (Å²) in [6.07, 6.45) is 5.54. The van der Waals surface area contributed by atoms with Crippen molar-refractivity contribution in [2.45, 2.75) is 46.1 Å². The van der Waals surface area contributed by atoms with Crippen LogP contribution in [0.4, 0.5) is 5.69 Å². The Bertz CT molecular complexity index is 1160. The van der Waals surface area contributed by atoms with Gasteiger partial charge in [0.15, 0.2) is 5.11 Å². The van der Waals surface area contributed by atoms with Crippen LogP contribution < -0.4 is 20.1 Å². The van der Waals surface area contributed by atoms with Crippen molar-refractivity contribution >= 4 is 46.8 Å². The smallest absolute Gasteiger partial charge is 0.265 e. The Morgan fingerprint density at radius 2 is 1.86 bits per heavy atom. The van der Waals surface area contributed by atoms with Gasteiger partial charge in [0, 0.05) is 24.7 Å². The fraction of sp³-hybridized carbons (Fsp3) is 0.333. The van der Waals surface area contributed by atoms with Gasteiger partial charge in [-0.05, 0) is 66.7 Å². The molecule has 3 amide bonds. The molecule has 1 saturated heterocycles. The van der Waals surface area contributed by atoms with E-state index >= 15 is 0 Å². The number of amides is 3. The van der Waals surface area contributed by atoms with E-state index in [4.69, 9.17) is 21.7 Å². The molecule has 1 aliphatic rings. The topological polar surface area (TPSA) is 97.0 Å². The number of ether oxygens (including phenoxy) is 2. The summed E-state index contributed by atoms with van der Waals surface area (Å²) < 4.78 is 11.4. The second-order valence-electron chi connectivity index (χ2n) is 8.40. The molecule has 2 aromatic carbocycles. The minimum Gasteiger partial charge on any atom is -0.496 e. The molecule has 0 spiro atoms. The Hall–Kier alpha value is -3.72. The Morgan fingerprint density at radius 3 is 2.53 bits per heavy atom. The Kier molecular flexibility index (Phi) is 9.58. The molecule has 0 unspecified atom stereocenters. The third-order valence-corrected chi connectivity index (χ3v) is 5.93. The number of nitrogens with zero attached hydrogens (tertiary/aromatic N) is 1. The summed E-state index contributed by atoms with van der Waals surface area (Å²) in [5.41, 5.74) is 2.11. The molecule has 0 bridgehead atoms. The highest BCUT2D eigenvalue weighted by Gasteiger charge is 2.32. The highest BCUT2D eigenvalue weighted by atomic mass is 32.1. The van der Waals surface area contributed by atoms with E-state index in [1.165, 1.54) is 11.8 Å². The summed E-state index contributed by atoms with van der Waals surface area (Å²) in [7, 11) is 1.56. The van der Waals surface area contributed by atoms with E-state index in [1.807, 2.05) is 6.07 Å². The van der Waals surface area contributed by atoms with Gasteiger partial charge in [0.05, 0.1) is 7.11 Å². The van der Waals surface area contributed by atoms with Gasteiger partial charge in [-0.3, -0.25) is 24.6 Å². The van der Waals surface area contributed by atoms with Gasteiger partial charge < -0.3 is 14.8 Å². The fourth-order valence-electron chi connectivity index (χ4n) is 3.76. The van der Waals surface area contributed by atoms with E-state index in [0.29, 0.717) is 29.3 Å². The lowest BCUT2D eigenvalue weighted by atomic mass is 10.0. The number of hydrogen-bond acceptors (Lipinski definition) is 6. The van der Waals surface area contributed by atoms with Gasteiger partial charge in [0.1, 0.15) is 23.7 Å². The van der Waals surface area contributed by atoms with Gasteiger partial charge in [-0.15, -0.1) is 0 Å². The minimum atomic E-state index is -0.511. The number of anilines is 1. The zero-order valence-corrected chi connectivity index (χ0v) is 21.6. The van der Waals surface area contributed by atoms with E-state index in [2.05, 4.69) is 17.6 Å². The molecule has 0 radical (unpaired) electrons. The molecule has 0 saturated carbocycles. The van der Waals surface area contributed by atoms with Crippen molar-refractivity contribution in [2.24, 2.45) is 0 Å². The van der Waals surface area contributed by atoms with Crippen LogP contribution in [0.1, 0.15) is 50.7 Å². The maximum Gasteiger partial charge on any atom is 0.265 e. The van der Waals surface area contributed by atoms with Crippen LogP contribution in [0.25, 0.3) is 6.08 Å². The van der Waals surface area contributed by atoms with Crippen LogP contribution in [0.5, 0.6) is 11.5 Å². The first-order chi connectivity index (χ1) is 17.3. The normalized spacial score (nSPS) is 14.6. The van der Waals surface area contributed by atoms with E-state index in [1.54, 1.807) is 49.6 Å². The Balaban J connectivity index is 1.76. The van der Waals surface area contributed by atoms with Crippen molar-refractivity contribution in [2.75, 3.05) is 19.0 Å². The molecule has 0 aromatic heterocycles. The maximum atomic E-state index is 13.1. The second-order valence-corrected chi connectivity index (χ2v) is 8.79. The summed E-state index contributed by atoms with van der Waals surface area (Å²) in [4.78, 5) is 38.3. The van der Waals surface area contributed by atoms with Crippen LogP contribution in [0, 0.1) is 0 Å². The predicted octanol–water partition coefficient (Wildman–Crippen LogP) is 4.44. The van der Waals surface area contributed by atoms with Crippen LogP contribution in [0.15, 0.2) is 48.0 Å². The number of benzene rings is 2. The molecule has 190 valence electrons. The van der Waals surface area contributed by atoms with E-state index in [9.17, 15) is 14.4 Å². The van der Waals surface area contributed by atoms with Crippen molar-refractivity contribution in [1.29, 1.82) is 0 Å². The molecule has 36 heavy (non-hydrogen) atoms. The van der Waals surface area contributed by atoms with Crippen LogP contribution >= 0.6 is 12.2 Å². The number of carbonyl (C=O) groups excluding carboxylic acids is 3. The van der Waals surface area contributed by atoms with E-state index in [-0.39, 0.29) is 23.2 Å². The lowest BCUT2D eigenvalue weighted by Crippen LogP contribution is -2.54. The minimum absolute atomic E-state index is 0.0321.